The van der Waals surface area contributed by atoms with Crippen molar-refractivity contribution in [3.05, 3.63) is 66.3 Å². The Morgan fingerprint density at radius 3 is 2.55 bits per heavy atom. The van der Waals surface area contributed by atoms with Crippen LogP contribution in [0.15, 0.2) is 55.0 Å². The number of carbonyl (C=O) groups is 1. The number of imidazole rings is 1. The summed E-state index contributed by atoms with van der Waals surface area (Å²) in [4.78, 5) is 19.7. The van der Waals surface area contributed by atoms with E-state index in [0.29, 0.717) is 22.7 Å². The van der Waals surface area contributed by atoms with E-state index in [0.717, 1.165) is 0 Å². The number of rotatable bonds is 6. The molecule has 0 saturated heterocycles. The summed E-state index contributed by atoms with van der Waals surface area (Å²) in [5.41, 5.74) is 0.529. The summed E-state index contributed by atoms with van der Waals surface area (Å²) in [6, 6.07) is 2.79. The first-order valence-electron chi connectivity index (χ1n) is 8.90. The number of allylic oxidation sites excluding steroid dienone is 5. The molecule has 2 aromatic heterocycles. The van der Waals surface area contributed by atoms with E-state index < -0.39 is 17.6 Å². The number of halogens is 3. The number of nitrogens with zero attached hydrogens (tertiary/aromatic N) is 3. The minimum atomic E-state index is -4.31. The number of hydrogen-bond donors (Lipinski definition) is 1. The lowest BCUT2D eigenvalue weighted by molar-refractivity contribution is -0.174. The van der Waals surface area contributed by atoms with Crippen molar-refractivity contribution in [1.29, 1.82) is 0 Å². The number of alkyl halides is 3. The molecule has 0 atom stereocenters. The van der Waals surface area contributed by atoms with E-state index in [4.69, 9.17) is 0 Å². The Bertz CT molecular complexity index is 1030. The molecule has 0 aliphatic heterocycles. The van der Waals surface area contributed by atoms with E-state index in [1.54, 1.807) is 30.9 Å². The van der Waals surface area contributed by atoms with E-state index in [1.165, 1.54) is 30.5 Å². The molecule has 29 heavy (non-hydrogen) atoms. The molecule has 1 aliphatic carbocycles. The second-order valence-corrected chi connectivity index (χ2v) is 7.04. The fraction of sp³-hybridized carbons (Fsp3) is 0.286. The molecular weight excluding hydrogens is 383 g/mol. The molecule has 2 aromatic rings. The number of hydrogen-bond acceptors (Lipinski definition) is 3. The number of aryl methyl sites for hydroxylation is 1. The second kappa shape index (κ2) is 7.35. The highest BCUT2D eigenvalue weighted by molar-refractivity contribution is 5.89. The molecule has 0 unspecified atom stereocenters. The van der Waals surface area contributed by atoms with Gasteiger partial charge in [0.05, 0.1) is 28.7 Å². The molecule has 0 aromatic carbocycles. The van der Waals surface area contributed by atoms with E-state index in [2.05, 4.69) is 16.5 Å². The molecule has 152 valence electrons. The largest absolute Gasteiger partial charge is 0.478 e. The van der Waals surface area contributed by atoms with Crippen molar-refractivity contribution in [2.75, 3.05) is 0 Å². The Balaban J connectivity index is 2.02. The van der Waals surface area contributed by atoms with Crippen LogP contribution >= 0.6 is 0 Å². The first-order valence-corrected chi connectivity index (χ1v) is 8.90. The summed E-state index contributed by atoms with van der Waals surface area (Å²) in [5, 5.41) is 9.19. The van der Waals surface area contributed by atoms with Gasteiger partial charge in [0.1, 0.15) is 5.69 Å². The Hall–Kier alpha value is -3.16. The van der Waals surface area contributed by atoms with Gasteiger partial charge in [-0.05, 0) is 43.0 Å². The second-order valence-electron chi connectivity index (χ2n) is 7.04. The van der Waals surface area contributed by atoms with Gasteiger partial charge in [0.15, 0.2) is 0 Å². The molecule has 0 spiro atoms. The zero-order valence-corrected chi connectivity index (χ0v) is 16.0. The van der Waals surface area contributed by atoms with Crippen LogP contribution in [0.5, 0.6) is 0 Å². The molecule has 1 saturated carbocycles. The van der Waals surface area contributed by atoms with Gasteiger partial charge in [-0.3, -0.25) is 4.98 Å². The minimum Gasteiger partial charge on any atom is -0.478 e. The van der Waals surface area contributed by atoms with Crippen LogP contribution in [-0.4, -0.2) is 31.8 Å². The molecule has 1 aliphatic rings. The molecular formula is C21H20F3N3O2. The smallest absolute Gasteiger partial charge is 0.398 e. The third kappa shape index (κ3) is 3.74. The first kappa shape index (κ1) is 20.6. The molecule has 5 nitrogen and oxygen atoms in total. The molecule has 1 fully saturated rings. The summed E-state index contributed by atoms with van der Waals surface area (Å²) >= 11 is 0. The Kier molecular flexibility index (Phi) is 5.21. The number of carboxylic acid groups (broad SMARTS) is 1. The van der Waals surface area contributed by atoms with Crippen LogP contribution in [0.25, 0.3) is 17.0 Å². The monoisotopic (exact) mass is 403 g/mol. The normalized spacial score (nSPS) is 16.6. The van der Waals surface area contributed by atoms with Gasteiger partial charge in [0, 0.05) is 13.2 Å². The van der Waals surface area contributed by atoms with Crippen LogP contribution in [0.3, 0.4) is 0 Å². The summed E-state index contributed by atoms with van der Waals surface area (Å²) in [5.74, 6) is -1.08. The molecule has 3 rings (SSSR count). The van der Waals surface area contributed by atoms with E-state index in [9.17, 15) is 23.1 Å². The number of aromatic nitrogens is 3. The minimum absolute atomic E-state index is 0.0596. The van der Waals surface area contributed by atoms with Crippen LogP contribution in [-0.2, 0) is 7.05 Å². The van der Waals surface area contributed by atoms with Crippen LogP contribution in [0.4, 0.5) is 13.2 Å². The van der Waals surface area contributed by atoms with Gasteiger partial charge in [0.25, 0.3) is 0 Å². The van der Waals surface area contributed by atoms with Crippen molar-refractivity contribution < 1.29 is 23.1 Å². The lowest BCUT2D eigenvalue weighted by Gasteiger charge is -2.20. The lowest BCUT2D eigenvalue weighted by atomic mass is 9.94. The summed E-state index contributed by atoms with van der Waals surface area (Å²) in [6.07, 6.45) is 3.04. The molecule has 0 radical (unpaired) electrons. The SMILES string of the molecule is C=C/C(=C\C=C(/C)c1c(-c2cc(C(=O)O)ccn2)ncn1C)C1(C(F)(F)F)CC1. The zero-order chi connectivity index (χ0) is 21.4. The maximum Gasteiger partial charge on any atom is 0.398 e. The average molecular weight is 403 g/mol. The Morgan fingerprint density at radius 2 is 2.00 bits per heavy atom. The van der Waals surface area contributed by atoms with Gasteiger partial charge in [-0.25, -0.2) is 9.78 Å². The highest BCUT2D eigenvalue weighted by Crippen LogP contribution is 2.62. The van der Waals surface area contributed by atoms with Crippen molar-refractivity contribution in [2.24, 2.45) is 12.5 Å². The number of pyridine rings is 1. The van der Waals surface area contributed by atoms with Crippen LogP contribution in [0.1, 0.15) is 35.8 Å². The van der Waals surface area contributed by atoms with E-state index >= 15 is 0 Å². The third-order valence-electron chi connectivity index (χ3n) is 5.14. The fourth-order valence-electron chi connectivity index (χ4n) is 3.35. The van der Waals surface area contributed by atoms with Crippen LogP contribution in [0, 0.1) is 5.41 Å². The van der Waals surface area contributed by atoms with Crippen molar-refractivity contribution in [3.8, 4) is 11.4 Å². The van der Waals surface area contributed by atoms with Crippen LogP contribution in [0.2, 0.25) is 0 Å². The highest BCUT2D eigenvalue weighted by Gasteiger charge is 2.64. The maximum atomic E-state index is 13.4. The Labute approximate surface area is 165 Å². The Morgan fingerprint density at radius 1 is 1.31 bits per heavy atom. The van der Waals surface area contributed by atoms with E-state index in [-0.39, 0.29) is 24.0 Å². The summed E-state index contributed by atoms with van der Waals surface area (Å²) < 4.78 is 41.9. The number of aromatic carboxylic acids is 1. The van der Waals surface area contributed by atoms with Gasteiger partial charge in [0.2, 0.25) is 0 Å². The topological polar surface area (TPSA) is 68.0 Å². The average Bonchev–Trinajstić information content (AvgIpc) is 3.39. The van der Waals surface area contributed by atoms with Crippen molar-refractivity contribution in [2.45, 2.75) is 25.9 Å². The van der Waals surface area contributed by atoms with Crippen molar-refractivity contribution >= 4 is 11.5 Å². The fourth-order valence-corrected chi connectivity index (χ4v) is 3.35. The van der Waals surface area contributed by atoms with Gasteiger partial charge in [-0.1, -0.05) is 24.8 Å². The first-order chi connectivity index (χ1) is 13.6. The van der Waals surface area contributed by atoms with Gasteiger partial charge >= 0.3 is 12.1 Å². The van der Waals surface area contributed by atoms with Crippen molar-refractivity contribution in [3.63, 3.8) is 0 Å². The predicted octanol–water partition coefficient (Wildman–Crippen LogP) is 5.04. The summed E-state index contributed by atoms with van der Waals surface area (Å²) in [7, 11) is 1.75. The molecule has 0 bridgehead atoms. The quantitative estimate of drug-likeness (QED) is 0.687. The number of carboxylic acids is 1. The van der Waals surface area contributed by atoms with E-state index in [1.807, 2.05) is 0 Å². The zero-order valence-electron chi connectivity index (χ0n) is 16.0. The van der Waals surface area contributed by atoms with Gasteiger partial charge in [-0.15, -0.1) is 0 Å². The standard InChI is InChI=1S/C21H20F3N3O2/c1-4-15(20(8-9-20)21(22,23)24)6-5-13(2)18-17(26-12-27(18)3)16-11-14(19(28)29)7-10-25-16/h4-7,10-12H,1,8-9H2,2-3H3,(H,28,29)/b13-5+,15-6+. The predicted molar refractivity (Wildman–Crippen MR) is 103 cm³/mol. The lowest BCUT2D eigenvalue weighted by Crippen LogP contribution is -2.25. The summed E-state index contributed by atoms with van der Waals surface area (Å²) in [6.45, 7) is 5.31. The maximum absolute atomic E-state index is 13.4. The third-order valence-corrected chi connectivity index (χ3v) is 5.14. The van der Waals surface area contributed by atoms with Crippen molar-refractivity contribution in [1.82, 2.24) is 14.5 Å². The molecule has 1 N–H and O–H groups in total. The molecule has 0 amide bonds. The van der Waals surface area contributed by atoms with Crippen LogP contribution < -0.4 is 0 Å². The van der Waals surface area contributed by atoms with Gasteiger partial charge in [-0.2, -0.15) is 13.2 Å². The van der Waals surface area contributed by atoms with Gasteiger partial charge < -0.3 is 9.67 Å². The molecule has 8 heteroatoms. The highest BCUT2D eigenvalue weighted by atomic mass is 19.4. The molecule has 2 heterocycles.